The predicted octanol–water partition coefficient (Wildman–Crippen LogP) is 4.17. The van der Waals surface area contributed by atoms with Crippen LogP contribution in [0.15, 0.2) is 36.4 Å². The third kappa shape index (κ3) is 6.07. The minimum Gasteiger partial charge on any atom is -0.465 e. The molecule has 208 valence electrons. The van der Waals surface area contributed by atoms with Gasteiger partial charge in [0.15, 0.2) is 11.4 Å². The molecule has 11 nitrogen and oxygen atoms in total. The topological polar surface area (TPSA) is 146 Å². The van der Waals surface area contributed by atoms with E-state index >= 15 is 4.39 Å². The lowest BCUT2D eigenvalue weighted by atomic mass is 9.82. The normalized spacial score (nSPS) is 19.8. The lowest BCUT2D eigenvalue weighted by molar-refractivity contribution is -0.142. The second-order valence-electron chi connectivity index (χ2n) is 9.47. The summed E-state index contributed by atoms with van der Waals surface area (Å²) < 4.78 is 26.2. The summed E-state index contributed by atoms with van der Waals surface area (Å²) in [7, 11) is 1.48. The van der Waals surface area contributed by atoms with E-state index in [2.05, 4.69) is 16.0 Å². The standard InChI is InChI=1S/C26H28ClFN4O7/c1-14(38-2)12-19(30-22(33)15-4-6-16(7-5-15)29-24(35)36)23(34)32-11-3-10-26(13-32)20-18(31-25(37)39-26)9-8-17(27)21(20)28/h4-9,14,19,29H,3,10-13H2,1-2H3,(H,30,33)(H,31,37)(H,35,36)/t14-,19+,26+/m1/s1. The summed E-state index contributed by atoms with van der Waals surface area (Å²) >= 11 is 6.04. The fourth-order valence-corrected chi connectivity index (χ4v) is 5.06. The van der Waals surface area contributed by atoms with E-state index < -0.39 is 47.6 Å². The quantitative estimate of drug-likeness (QED) is 0.396. The van der Waals surface area contributed by atoms with E-state index in [-0.39, 0.29) is 46.9 Å². The van der Waals surface area contributed by atoms with Crippen LogP contribution in [0.2, 0.25) is 5.02 Å². The number of hydrogen-bond donors (Lipinski definition) is 4. The van der Waals surface area contributed by atoms with Gasteiger partial charge in [-0.05, 0) is 56.2 Å². The number of amides is 4. The smallest absolute Gasteiger partial charge is 0.412 e. The van der Waals surface area contributed by atoms with Crippen molar-refractivity contribution in [1.82, 2.24) is 10.2 Å². The number of hydrogen-bond acceptors (Lipinski definition) is 6. The molecule has 4 N–H and O–H groups in total. The van der Waals surface area contributed by atoms with Crippen molar-refractivity contribution in [2.45, 2.75) is 43.9 Å². The van der Waals surface area contributed by atoms with Crippen molar-refractivity contribution in [2.75, 3.05) is 30.8 Å². The number of benzene rings is 2. The van der Waals surface area contributed by atoms with E-state index in [9.17, 15) is 19.2 Å². The van der Waals surface area contributed by atoms with Crippen molar-refractivity contribution >= 4 is 47.0 Å². The zero-order chi connectivity index (χ0) is 28.3. The lowest BCUT2D eigenvalue weighted by Gasteiger charge is -2.45. The summed E-state index contributed by atoms with van der Waals surface area (Å²) in [5.74, 6) is -1.74. The Bertz CT molecular complexity index is 1290. The van der Waals surface area contributed by atoms with Gasteiger partial charge in [-0.25, -0.2) is 14.0 Å². The number of methoxy groups -OCH3 is 1. The van der Waals surface area contributed by atoms with Gasteiger partial charge in [0.05, 0.1) is 28.9 Å². The molecule has 0 aromatic heterocycles. The van der Waals surface area contributed by atoms with Crippen LogP contribution in [-0.4, -0.2) is 66.4 Å². The van der Waals surface area contributed by atoms with Crippen LogP contribution in [-0.2, 0) is 19.9 Å². The van der Waals surface area contributed by atoms with Crippen molar-refractivity contribution in [3.8, 4) is 0 Å². The van der Waals surface area contributed by atoms with Crippen LogP contribution in [0.3, 0.4) is 0 Å². The summed E-state index contributed by atoms with van der Waals surface area (Å²) in [6.07, 6.45) is -1.58. The number of fused-ring (bicyclic) bond motifs is 2. The molecule has 1 spiro atoms. The van der Waals surface area contributed by atoms with Gasteiger partial charge in [-0.3, -0.25) is 20.2 Å². The number of carboxylic acid groups (broad SMARTS) is 1. The number of likely N-dealkylation sites (tertiary alicyclic amines) is 1. The zero-order valence-corrected chi connectivity index (χ0v) is 22.0. The monoisotopic (exact) mass is 562 g/mol. The Morgan fingerprint density at radius 3 is 2.64 bits per heavy atom. The van der Waals surface area contributed by atoms with E-state index in [1.807, 2.05) is 0 Å². The SMILES string of the molecule is CO[C@H](C)C[C@H](NC(=O)c1ccc(NC(=O)O)cc1)C(=O)N1CCC[C@@]2(C1)OC(=O)Nc1ccc(Cl)c(F)c12. The molecule has 0 radical (unpaired) electrons. The number of halogens is 2. The van der Waals surface area contributed by atoms with Gasteiger partial charge in [-0.15, -0.1) is 0 Å². The van der Waals surface area contributed by atoms with Gasteiger partial charge in [-0.2, -0.15) is 0 Å². The Hall–Kier alpha value is -3.90. The molecular weight excluding hydrogens is 535 g/mol. The van der Waals surface area contributed by atoms with Gasteiger partial charge in [0.2, 0.25) is 5.91 Å². The average Bonchev–Trinajstić information content (AvgIpc) is 2.89. The molecule has 1 saturated heterocycles. The molecule has 2 aliphatic rings. The van der Waals surface area contributed by atoms with Crippen LogP contribution in [0, 0.1) is 5.82 Å². The van der Waals surface area contributed by atoms with E-state index in [0.29, 0.717) is 13.0 Å². The molecule has 2 aromatic carbocycles. The molecule has 4 rings (SSSR count). The summed E-state index contributed by atoms with van der Waals surface area (Å²) in [5.41, 5.74) is -0.659. The van der Waals surface area contributed by atoms with E-state index in [4.69, 9.17) is 26.2 Å². The maximum Gasteiger partial charge on any atom is 0.412 e. The highest BCUT2D eigenvalue weighted by atomic mass is 35.5. The van der Waals surface area contributed by atoms with Gasteiger partial charge in [0.1, 0.15) is 6.04 Å². The van der Waals surface area contributed by atoms with Gasteiger partial charge in [0, 0.05) is 31.3 Å². The van der Waals surface area contributed by atoms with Crippen molar-refractivity contribution < 1.29 is 38.1 Å². The fourth-order valence-electron chi connectivity index (χ4n) is 4.90. The summed E-state index contributed by atoms with van der Waals surface area (Å²) in [6, 6.07) is 7.52. The molecule has 39 heavy (non-hydrogen) atoms. The number of carbonyl (C=O) groups is 4. The third-order valence-corrected chi connectivity index (χ3v) is 7.11. The summed E-state index contributed by atoms with van der Waals surface area (Å²) in [5, 5.41) is 16.1. The molecule has 0 bridgehead atoms. The van der Waals surface area contributed by atoms with Crippen LogP contribution in [0.1, 0.15) is 42.1 Å². The van der Waals surface area contributed by atoms with Crippen molar-refractivity contribution in [2.24, 2.45) is 0 Å². The number of nitrogens with one attached hydrogen (secondary N) is 3. The van der Waals surface area contributed by atoms with E-state index in [1.54, 1.807) is 6.92 Å². The number of carbonyl (C=O) groups excluding carboxylic acids is 3. The largest absolute Gasteiger partial charge is 0.465 e. The molecule has 2 heterocycles. The second kappa shape index (κ2) is 11.5. The molecular formula is C26H28ClFN4O7. The molecule has 0 saturated carbocycles. The first kappa shape index (κ1) is 28.1. The number of anilines is 2. The molecule has 2 aromatic rings. The van der Waals surface area contributed by atoms with Gasteiger partial charge >= 0.3 is 12.2 Å². The molecule has 3 atom stereocenters. The Morgan fingerprint density at radius 2 is 1.97 bits per heavy atom. The van der Waals surface area contributed by atoms with E-state index in [0.717, 1.165) is 0 Å². The van der Waals surface area contributed by atoms with Crippen molar-refractivity contribution in [3.05, 3.63) is 58.4 Å². The van der Waals surface area contributed by atoms with Crippen LogP contribution in [0.5, 0.6) is 0 Å². The number of piperidine rings is 1. The first-order valence-corrected chi connectivity index (χ1v) is 12.6. The fraction of sp³-hybridized carbons (Fsp3) is 0.385. The number of ether oxygens (including phenoxy) is 2. The van der Waals surface area contributed by atoms with Gasteiger partial charge in [-0.1, -0.05) is 11.6 Å². The Kier molecular flexibility index (Phi) is 8.26. The van der Waals surface area contributed by atoms with Crippen molar-refractivity contribution in [3.63, 3.8) is 0 Å². The minimum absolute atomic E-state index is 0.0769. The van der Waals surface area contributed by atoms with Crippen LogP contribution in [0.4, 0.5) is 25.4 Å². The first-order valence-electron chi connectivity index (χ1n) is 12.2. The van der Waals surface area contributed by atoms with Crippen LogP contribution >= 0.6 is 11.6 Å². The van der Waals surface area contributed by atoms with Crippen LogP contribution < -0.4 is 16.0 Å². The zero-order valence-electron chi connectivity index (χ0n) is 21.3. The molecule has 0 aliphatic carbocycles. The van der Waals surface area contributed by atoms with E-state index in [1.165, 1.54) is 48.4 Å². The first-order chi connectivity index (χ1) is 18.5. The highest BCUT2D eigenvalue weighted by molar-refractivity contribution is 6.31. The van der Waals surface area contributed by atoms with Gasteiger partial charge < -0.3 is 24.8 Å². The maximum atomic E-state index is 15.2. The summed E-state index contributed by atoms with van der Waals surface area (Å²) in [4.78, 5) is 51.4. The summed E-state index contributed by atoms with van der Waals surface area (Å²) in [6.45, 7) is 1.91. The molecule has 2 aliphatic heterocycles. The Morgan fingerprint density at radius 1 is 1.26 bits per heavy atom. The molecule has 1 fully saturated rings. The highest BCUT2D eigenvalue weighted by Gasteiger charge is 2.49. The number of nitrogens with zero attached hydrogens (tertiary/aromatic N) is 1. The van der Waals surface area contributed by atoms with Crippen molar-refractivity contribution in [1.29, 1.82) is 0 Å². The number of rotatable bonds is 7. The Balaban J connectivity index is 1.58. The third-order valence-electron chi connectivity index (χ3n) is 6.81. The lowest BCUT2D eigenvalue weighted by Crippen LogP contribution is -2.57. The Labute approximate surface area is 228 Å². The molecule has 13 heteroatoms. The second-order valence-corrected chi connectivity index (χ2v) is 9.88. The highest BCUT2D eigenvalue weighted by Crippen LogP contribution is 2.45. The van der Waals surface area contributed by atoms with Crippen LogP contribution in [0.25, 0.3) is 0 Å². The average molecular weight is 563 g/mol. The molecule has 4 amide bonds. The molecule has 0 unspecified atom stereocenters. The predicted molar refractivity (Wildman–Crippen MR) is 139 cm³/mol. The maximum absolute atomic E-state index is 15.2. The minimum atomic E-state index is -1.45. The van der Waals surface area contributed by atoms with Gasteiger partial charge in [0.25, 0.3) is 5.91 Å².